The minimum Gasteiger partial charge on any atom is -0.398 e. The van der Waals surface area contributed by atoms with E-state index in [-0.39, 0.29) is 0 Å². The third-order valence-electron chi connectivity index (χ3n) is 3.48. The summed E-state index contributed by atoms with van der Waals surface area (Å²) in [7, 11) is 0. The lowest BCUT2D eigenvalue weighted by Crippen LogP contribution is -2.28. The molecule has 21 heavy (non-hydrogen) atoms. The van der Waals surface area contributed by atoms with E-state index in [0.717, 1.165) is 28.1 Å². The molecule has 4 N–H and O–H groups in total. The summed E-state index contributed by atoms with van der Waals surface area (Å²) >= 11 is 0. The van der Waals surface area contributed by atoms with Gasteiger partial charge < -0.3 is 16.3 Å². The van der Waals surface area contributed by atoms with E-state index >= 15 is 0 Å². The fraction of sp³-hybridized carbons (Fsp3) is 0.125. The van der Waals surface area contributed by atoms with Gasteiger partial charge in [-0.25, -0.2) is 0 Å². The average molecular weight is 281 g/mol. The standard InChI is InChI=1S/C16H15N3O2/c17-13-4-2-1-3-12(13)10-5-7-11(8-6-10)14-9-15(16(18)20)21-19-14/h1-8,15H,9,17H2,(H2,18,20). The molecule has 0 aliphatic carbocycles. The summed E-state index contributed by atoms with van der Waals surface area (Å²) in [6.45, 7) is 0. The maximum Gasteiger partial charge on any atom is 0.261 e. The van der Waals surface area contributed by atoms with Crippen LogP contribution < -0.4 is 11.5 Å². The van der Waals surface area contributed by atoms with E-state index in [0.29, 0.717) is 6.42 Å². The van der Waals surface area contributed by atoms with Crippen molar-refractivity contribution in [1.82, 2.24) is 0 Å². The van der Waals surface area contributed by atoms with E-state index in [1.807, 2.05) is 48.5 Å². The molecule has 0 bridgehead atoms. The van der Waals surface area contributed by atoms with Crippen molar-refractivity contribution in [2.24, 2.45) is 10.9 Å². The predicted molar refractivity (Wildman–Crippen MR) is 81.5 cm³/mol. The Hall–Kier alpha value is -2.82. The van der Waals surface area contributed by atoms with Gasteiger partial charge in [-0.15, -0.1) is 0 Å². The molecule has 0 radical (unpaired) electrons. The lowest BCUT2D eigenvalue weighted by molar-refractivity contribution is -0.127. The second-order valence-corrected chi connectivity index (χ2v) is 4.90. The van der Waals surface area contributed by atoms with Crippen LogP contribution in [-0.4, -0.2) is 17.7 Å². The molecule has 1 amide bonds. The van der Waals surface area contributed by atoms with E-state index in [9.17, 15) is 4.79 Å². The molecule has 1 unspecified atom stereocenters. The number of hydrogen-bond acceptors (Lipinski definition) is 4. The minimum atomic E-state index is -0.663. The Labute approximate surface area is 122 Å². The summed E-state index contributed by atoms with van der Waals surface area (Å²) in [5, 5.41) is 3.92. The van der Waals surface area contributed by atoms with Crippen LogP contribution in [-0.2, 0) is 9.63 Å². The Kier molecular flexibility index (Phi) is 3.31. The molecule has 0 fully saturated rings. The van der Waals surface area contributed by atoms with Crippen LogP contribution in [0.3, 0.4) is 0 Å². The molecule has 5 heteroatoms. The Morgan fingerprint density at radius 3 is 2.38 bits per heavy atom. The summed E-state index contributed by atoms with van der Waals surface area (Å²) in [4.78, 5) is 16.1. The Bertz CT molecular complexity index is 708. The number of oxime groups is 1. The number of amides is 1. The molecule has 1 aliphatic rings. The molecule has 1 heterocycles. The highest BCUT2D eigenvalue weighted by molar-refractivity contribution is 6.04. The van der Waals surface area contributed by atoms with Crippen LogP contribution in [0.5, 0.6) is 0 Å². The number of carbonyl (C=O) groups excluding carboxylic acids is 1. The zero-order valence-corrected chi connectivity index (χ0v) is 11.3. The molecule has 2 aromatic rings. The molecule has 0 saturated heterocycles. The van der Waals surface area contributed by atoms with Gasteiger partial charge >= 0.3 is 0 Å². The molecular formula is C16H15N3O2. The van der Waals surface area contributed by atoms with E-state index < -0.39 is 12.0 Å². The van der Waals surface area contributed by atoms with Crippen LogP contribution in [0, 0.1) is 0 Å². The molecule has 106 valence electrons. The van der Waals surface area contributed by atoms with Crippen LogP contribution in [0.2, 0.25) is 0 Å². The normalized spacial score (nSPS) is 17.1. The minimum absolute atomic E-state index is 0.405. The fourth-order valence-electron chi connectivity index (χ4n) is 2.30. The Morgan fingerprint density at radius 2 is 1.76 bits per heavy atom. The first kappa shape index (κ1) is 13.2. The van der Waals surface area contributed by atoms with Gasteiger partial charge in [-0.1, -0.05) is 47.6 Å². The zero-order chi connectivity index (χ0) is 14.8. The van der Waals surface area contributed by atoms with E-state index in [1.54, 1.807) is 0 Å². The first-order valence-electron chi connectivity index (χ1n) is 6.62. The molecule has 3 rings (SSSR count). The maximum absolute atomic E-state index is 11.1. The molecular weight excluding hydrogens is 266 g/mol. The number of rotatable bonds is 3. The number of nitrogens with zero attached hydrogens (tertiary/aromatic N) is 1. The molecule has 5 nitrogen and oxygen atoms in total. The highest BCUT2D eigenvalue weighted by Gasteiger charge is 2.26. The van der Waals surface area contributed by atoms with Gasteiger partial charge in [-0.3, -0.25) is 4.79 Å². The van der Waals surface area contributed by atoms with Crippen LogP contribution in [0.25, 0.3) is 11.1 Å². The zero-order valence-electron chi connectivity index (χ0n) is 11.3. The van der Waals surface area contributed by atoms with Gasteiger partial charge in [-0.05, 0) is 17.2 Å². The SMILES string of the molecule is NC(=O)C1CC(c2ccc(-c3ccccc3N)cc2)=NO1. The van der Waals surface area contributed by atoms with Gasteiger partial charge in [0, 0.05) is 17.7 Å². The number of nitrogens with two attached hydrogens (primary N) is 2. The molecule has 0 spiro atoms. The smallest absolute Gasteiger partial charge is 0.261 e. The number of benzene rings is 2. The van der Waals surface area contributed by atoms with Crippen LogP contribution >= 0.6 is 0 Å². The molecule has 2 aromatic carbocycles. The van der Waals surface area contributed by atoms with Crippen molar-refractivity contribution in [2.75, 3.05) is 5.73 Å². The van der Waals surface area contributed by atoms with Gasteiger partial charge in [0.05, 0.1) is 5.71 Å². The summed E-state index contributed by atoms with van der Waals surface area (Å²) < 4.78 is 0. The number of primary amides is 1. The second kappa shape index (κ2) is 5.28. The number of para-hydroxylation sites is 1. The highest BCUT2D eigenvalue weighted by atomic mass is 16.6. The average Bonchev–Trinajstić information content (AvgIpc) is 2.98. The first-order valence-corrected chi connectivity index (χ1v) is 6.62. The number of nitrogen functional groups attached to an aromatic ring is 1. The molecule has 1 atom stereocenters. The lowest BCUT2D eigenvalue weighted by atomic mass is 9.99. The number of carbonyl (C=O) groups is 1. The summed E-state index contributed by atoms with van der Waals surface area (Å²) in [6, 6.07) is 15.5. The Morgan fingerprint density at radius 1 is 1.10 bits per heavy atom. The fourth-order valence-corrected chi connectivity index (χ4v) is 2.30. The van der Waals surface area contributed by atoms with E-state index in [4.69, 9.17) is 16.3 Å². The van der Waals surface area contributed by atoms with Crippen molar-refractivity contribution in [2.45, 2.75) is 12.5 Å². The second-order valence-electron chi connectivity index (χ2n) is 4.90. The quantitative estimate of drug-likeness (QED) is 0.842. The monoisotopic (exact) mass is 281 g/mol. The largest absolute Gasteiger partial charge is 0.398 e. The van der Waals surface area contributed by atoms with Crippen molar-refractivity contribution < 1.29 is 9.63 Å². The van der Waals surface area contributed by atoms with Crippen LogP contribution in [0.1, 0.15) is 12.0 Å². The predicted octanol–water partition coefficient (Wildman–Crippen LogP) is 1.91. The first-order chi connectivity index (χ1) is 10.1. The van der Waals surface area contributed by atoms with Crippen molar-refractivity contribution in [1.29, 1.82) is 0 Å². The van der Waals surface area contributed by atoms with Gasteiger partial charge in [0.25, 0.3) is 5.91 Å². The topological polar surface area (TPSA) is 90.7 Å². The summed E-state index contributed by atoms with van der Waals surface area (Å²) in [5.74, 6) is -0.498. The lowest BCUT2D eigenvalue weighted by Gasteiger charge is -2.06. The van der Waals surface area contributed by atoms with Crippen molar-refractivity contribution >= 4 is 17.3 Å². The highest BCUT2D eigenvalue weighted by Crippen LogP contribution is 2.26. The molecule has 0 aromatic heterocycles. The van der Waals surface area contributed by atoms with Gasteiger partial charge in [0.1, 0.15) is 0 Å². The Balaban J connectivity index is 1.83. The van der Waals surface area contributed by atoms with Gasteiger partial charge in [0.2, 0.25) is 6.10 Å². The molecule has 1 aliphatic heterocycles. The third kappa shape index (κ3) is 2.58. The van der Waals surface area contributed by atoms with Crippen LogP contribution in [0.15, 0.2) is 53.7 Å². The van der Waals surface area contributed by atoms with E-state index in [1.165, 1.54) is 0 Å². The third-order valence-corrected chi connectivity index (χ3v) is 3.48. The van der Waals surface area contributed by atoms with Crippen molar-refractivity contribution in [3.05, 3.63) is 54.1 Å². The summed E-state index contributed by atoms with van der Waals surface area (Å²) in [6.07, 6.45) is -0.258. The van der Waals surface area contributed by atoms with Crippen molar-refractivity contribution in [3.8, 4) is 11.1 Å². The number of hydrogen-bond donors (Lipinski definition) is 2. The molecule has 0 saturated carbocycles. The van der Waals surface area contributed by atoms with Gasteiger partial charge in [-0.2, -0.15) is 0 Å². The van der Waals surface area contributed by atoms with Crippen LogP contribution in [0.4, 0.5) is 5.69 Å². The summed E-state index contributed by atoms with van der Waals surface area (Å²) in [5.41, 5.74) is 15.6. The van der Waals surface area contributed by atoms with Gasteiger partial charge in [0.15, 0.2) is 0 Å². The van der Waals surface area contributed by atoms with Crippen molar-refractivity contribution in [3.63, 3.8) is 0 Å². The number of anilines is 1. The van der Waals surface area contributed by atoms with E-state index in [2.05, 4.69) is 5.16 Å². The maximum atomic E-state index is 11.1.